The van der Waals surface area contributed by atoms with Crippen molar-refractivity contribution in [2.75, 3.05) is 0 Å². The minimum atomic E-state index is -1.50. The van der Waals surface area contributed by atoms with E-state index in [1.54, 1.807) is 0 Å². The van der Waals surface area contributed by atoms with Crippen molar-refractivity contribution in [2.45, 2.75) is 31.5 Å². The Balaban J connectivity index is 2.40. The maximum Gasteiger partial charge on any atom is 0.404 e. The van der Waals surface area contributed by atoms with Crippen LogP contribution in [0.2, 0.25) is 0 Å². The van der Waals surface area contributed by atoms with Crippen LogP contribution in [0.1, 0.15) is 19.3 Å². The van der Waals surface area contributed by atoms with E-state index in [1.807, 2.05) is 0 Å². The molecule has 0 radical (unpaired) electrons. The van der Waals surface area contributed by atoms with Crippen molar-refractivity contribution in [3.05, 3.63) is 0 Å². The Kier molecular flexibility index (Phi) is 2.62. The smallest absolute Gasteiger partial charge is 0.404 e. The highest BCUT2D eigenvalue weighted by Gasteiger charge is 2.30. The topological polar surface area (TPSA) is 69.4 Å². The second-order valence-corrected chi connectivity index (χ2v) is 2.77. The van der Waals surface area contributed by atoms with Crippen LogP contribution in [0.15, 0.2) is 0 Å². The number of Topliss-reactive ketones (excluding diaryl/α,β-unsaturated/α-hetero) is 1. The largest absolute Gasteiger partial charge is 0.446 e. The van der Waals surface area contributed by atoms with Gasteiger partial charge in [0.05, 0.1) is 0 Å². The van der Waals surface area contributed by atoms with Gasteiger partial charge in [0, 0.05) is 12.8 Å². The van der Waals surface area contributed by atoms with Crippen LogP contribution in [0, 0.1) is 0 Å². The predicted octanol–water partition coefficient (Wildman–Crippen LogP) is 0.541. The lowest BCUT2D eigenvalue weighted by atomic mass is 9.95. The highest BCUT2D eigenvalue weighted by molar-refractivity contribution is 5.83. The van der Waals surface area contributed by atoms with Crippen molar-refractivity contribution in [1.82, 2.24) is 0 Å². The quantitative estimate of drug-likeness (QED) is 0.632. The van der Waals surface area contributed by atoms with Gasteiger partial charge in [0.1, 0.15) is 6.10 Å². The molecule has 1 aliphatic rings. The number of rotatable bonds is 1. The van der Waals surface area contributed by atoms with Gasteiger partial charge in [0.15, 0.2) is 12.0 Å². The molecular formula is C7H10FNO3. The van der Waals surface area contributed by atoms with Gasteiger partial charge < -0.3 is 10.5 Å². The number of amides is 1. The first-order valence-corrected chi connectivity index (χ1v) is 3.72. The summed E-state index contributed by atoms with van der Waals surface area (Å²) in [5.74, 6) is -0.417. The van der Waals surface area contributed by atoms with Gasteiger partial charge in [-0.05, 0) is 6.42 Å². The molecule has 1 amide bonds. The monoisotopic (exact) mass is 175 g/mol. The van der Waals surface area contributed by atoms with Gasteiger partial charge in [-0.2, -0.15) is 0 Å². The Hall–Kier alpha value is -1.13. The molecule has 5 heteroatoms. The van der Waals surface area contributed by atoms with E-state index < -0.39 is 24.2 Å². The van der Waals surface area contributed by atoms with E-state index in [4.69, 9.17) is 5.73 Å². The second kappa shape index (κ2) is 3.51. The minimum Gasteiger partial charge on any atom is -0.446 e. The summed E-state index contributed by atoms with van der Waals surface area (Å²) in [5, 5.41) is 0. The van der Waals surface area contributed by atoms with Gasteiger partial charge in [-0.25, -0.2) is 9.18 Å². The van der Waals surface area contributed by atoms with Crippen LogP contribution in [0.4, 0.5) is 9.18 Å². The van der Waals surface area contributed by atoms with Crippen LogP contribution in [0.25, 0.3) is 0 Å². The number of hydrogen-bond donors (Lipinski definition) is 1. The molecule has 12 heavy (non-hydrogen) atoms. The van der Waals surface area contributed by atoms with Gasteiger partial charge >= 0.3 is 6.09 Å². The molecule has 0 aromatic carbocycles. The fourth-order valence-electron chi connectivity index (χ4n) is 1.21. The van der Waals surface area contributed by atoms with Gasteiger partial charge in [-0.3, -0.25) is 4.79 Å². The normalized spacial score (nSPS) is 29.9. The summed E-state index contributed by atoms with van der Waals surface area (Å²) in [5.41, 5.74) is 4.73. The van der Waals surface area contributed by atoms with Crippen LogP contribution >= 0.6 is 0 Å². The van der Waals surface area contributed by atoms with Crippen molar-refractivity contribution in [2.24, 2.45) is 5.73 Å². The second-order valence-electron chi connectivity index (χ2n) is 2.77. The van der Waals surface area contributed by atoms with Crippen LogP contribution in [-0.2, 0) is 9.53 Å². The van der Waals surface area contributed by atoms with Crippen LogP contribution in [-0.4, -0.2) is 24.2 Å². The van der Waals surface area contributed by atoms with Gasteiger partial charge in [0.2, 0.25) is 0 Å². The Bertz CT molecular complexity index is 207. The summed E-state index contributed by atoms with van der Waals surface area (Å²) in [4.78, 5) is 20.9. The maximum atomic E-state index is 12.7. The van der Waals surface area contributed by atoms with Gasteiger partial charge in [-0.15, -0.1) is 0 Å². The van der Waals surface area contributed by atoms with E-state index in [1.165, 1.54) is 0 Å². The molecule has 0 unspecified atom stereocenters. The molecule has 0 heterocycles. The molecule has 1 rings (SSSR count). The first-order chi connectivity index (χ1) is 5.59. The number of carbonyl (C=O) groups excluding carboxylic acids is 2. The van der Waals surface area contributed by atoms with E-state index >= 15 is 0 Å². The molecule has 1 saturated carbocycles. The Labute approximate surface area is 68.9 Å². The van der Waals surface area contributed by atoms with E-state index in [2.05, 4.69) is 4.74 Å². The number of nitrogens with two attached hydrogens (primary N) is 1. The molecule has 0 aliphatic heterocycles. The molecule has 1 aliphatic carbocycles. The summed E-state index contributed by atoms with van der Waals surface area (Å²) in [6.07, 6.45) is -2.50. The Morgan fingerprint density at radius 1 is 1.67 bits per heavy atom. The molecule has 0 aromatic heterocycles. The predicted molar refractivity (Wildman–Crippen MR) is 38.2 cm³/mol. The third-order valence-electron chi connectivity index (χ3n) is 1.81. The number of halogens is 1. The molecule has 4 nitrogen and oxygen atoms in total. The van der Waals surface area contributed by atoms with E-state index in [0.29, 0.717) is 6.42 Å². The fraction of sp³-hybridized carbons (Fsp3) is 0.714. The molecule has 0 bridgehead atoms. The molecular weight excluding hydrogens is 165 g/mol. The Morgan fingerprint density at radius 2 is 2.33 bits per heavy atom. The molecule has 68 valence electrons. The third kappa shape index (κ3) is 2.18. The molecule has 0 spiro atoms. The average molecular weight is 175 g/mol. The van der Waals surface area contributed by atoms with Crippen LogP contribution < -0.4 is 5.73 Å². The highest BCUT2D eigenvalue weighted by atomic mass is 19.1. The lowest BCUT2D eigenvalue weighted by molar-refractivity contribution is -0.128. The number of ether oxygens (including phenoxy) is 1. The van der Waals surface area contributed by atoms with E-state index in [0.717, 1.165) is 0 Å². The van der Waals surface area contributed by atoms with E-state index in [-0.39, 0.29) is 12.8 Å². The maximum absolute atomic E-state index is 12.7. The zero-order valence-electron chi connectivity index (χ0n) is 6.46. The van der Waals surface area contributed by atoms with Crippen LogP contribution in [0.3, 0.4) is 0 Å². The highest BCUT2D eigenvalue weighted by Crippen LogP contribution is 2.20. The first kappa shape index (κ1) is 8.96. The average Bonchev–Trinajstić information content (AvgIpc) is 1.96. The molecule has 0 aromatic rings. The van der Waals surface area contributed by atoms with Crippen molar-refractivity contribution in [1.29, 1.82) is 0 Å². The van der Waals surface area contributed by atoms with Crippen molar-refractivity contribution in [3.8, 4) is 0 Å². The zero-order chi connectivity index (χ0) is 9.14. The number of carbonyl (C=O) groups is 2. The fourth-order valence-corrected chi connectivity index (χ4v) is 1.21. The van der Waals surface area contributed by atoms with Crippen molar-refractivity contribution in [3.63, 3.8) is 0 Å². The number of hydrogen-bond acceptors (Lipinski definition) is 3. The summed E-state index contributed by atoms with van der Waals surface area (Å²) < 4.78 is 17.3. The number of alkyl halides is 1. The van der Waals surface area contributed by atoms with Crippen LogP contribution in [0.5, 0.6) is 0 Å². The van der Waals surface area contributed by atoms with Gasteiger partial charge in [0.25, 0.3) is 0 Å². The third-order valence-corrected chi connectivity index (χ3v) is 1.81. The summed E-state index contributed by atoms with van der Waals surface area (Å²) >= 11 is 0. The van der Waals surface area contributed by atoms with Gasteiger partial charge in [-0.1, -0.05) is 0 Å². The molecule has 1 fully saturated rings. The van der Waals surface area contributed by atoms with Crippen molar-refractivity contribution < 1.29 is 18.7 Å². The van der Waals surface area contributed by atoms with Crippen molar-refractivity contribution >= 4 is 11.9 Å². The van der Waals surface area contributed by atoms with E-state index in [9.17, 15) is 14.0 Å². The standard InChI is InChI=1S/C7H10FNO3/c8-5-3-4(12-7(9)11)1-2-6(5)10/h4-5H,1-3H2,(H2,9,11)/t4-,5+/m1/s1. The first-order valence-electron chi connectivity index (χ1n) is 3.72. The molecule has 2 N–H and O–H groups in total. The lowest BCUT2D eigenvalue weighted by Gasteiger charge is -2.22. The Morgan fingerprint density at radius 3 is 2.83 bits per heavy atom. The molecule has 2 atom stereocenters. The molecule has 0 saturated heterocycles. The number of ketones is 1. The lowest BCUT2D eigenvalue weighted by Crippen LogP contribution is -2.33. The summed E-state index contributed by atoms with van der Waals surface area (Å²) in [6, 6.07) is 0. The number of primary amides is 1. The summed E-state index contributed by atoms with van der Waals surface area (Å²) in [7, 11) is 0. The zero-order valence-corrected chi connectivity index (χ0v) is 6.46. The SMILES string of the molecule is NC(=O)O[C@@H]1CCC(=O)[C@@H](F)C1. The summed E-state index contributed by atoms with van der Waals surface area (Å²) in [6.45, 7) is 0. The minimum absolute atomic E-state index is 0.0538.